The topological polar surface area (TPSA) is 155 Å². The van der Waals surface area contributed by atoms with E-state index < -0.39 is 37.6 Å². The Morgan fingerprint density at radius 2 is 0.750 bits per heavy atom. The van der Waals surface area contributed by atoms with E-state index >= 15 is 0 Å². The molecule has 0 bridgehead atoms. The van der Waals surface area contributed by atoms with Crippen molar-refractivity contribution < 1.29 is 58.3 Å². The number of aliphatic hydroxyl groups excluding tert-OH is 4. The van der Waals surface area contributed by atoms with Crippen LogP contribution in [0.15, 0.2) is 0 Å². The SMILES string of the molecule is C#CCOCCOCCOCCO[C@H](CO)[C@@H](O)[C@H](O)[C@@H](CO)OCCOCCOCCOCC#C. The maximum atomic E-state index is 10.3. The normalized spacial score (nSPS) is 14.6. The molecule has 4 atom stereocenters. The summed E-state index contributed by atoms with van der Waals surface area (Å²) in [6.45, 7) is 2.86. The van der Waals surface area contributed by atoms with Crippen molar-refractivity contribution in [3.63, 3.8) is 0 Å². The maximum Gasteiger partial charge on any atom is 0.111 e. The Labute approximate surface area is 213 Å². The van der Waals surface area contributed by atoms with Crippen molar-refractivity contribution in [1.29, 1.82) is 0 Å². The molecule has 4 N–H and O–H groups in total. The highest BCUT2D eigenvalue weighted by Crippen LogP contribution is 2.11. The Hall–Kier alpha value is -1.36. The minimum absolute atomic E-state index is 0.0663. The van der Waals surface area contributed by atoms with Crippen molar-refractivity contribution in [1.82, 2.24) is 0 Å². The summed E-state index contributed by atoms with van der Waals surface area (Å²) in [5, 5.41) is 39.7. The molecule has 0 unspecified atom stereocenters. The summed E-state index contributed by atoms with van der Waals surface area (Å²) in [5.41, 5.74) is 0. The van der Waals surface area contributed by atoms with Gasteiger partial charge in [-0.25, -0.2) is 0 Å². The van der Waals surface area contributed by atoms with Crippen molar-refractivity contribution in [3.8, 4) is 24.7 Å². The molecule has 12 nitrogen and oxygen atoms in total. The first-order chi connectivity index (χ1) is 17.6. The predicted octanol–water partition coefficient (Wildman–Crippen LogP) is -2.17. The Morgan fingerprint density at radius 3 is 1.03 bits per heavy atom. The quantitative estimate of drug-likeness (QED) is 0.0685. The molecule has 0 aliphatic heterocycles. The lowest BCUT2D eigenvalue weighted by Gasteiger charge is -2.30. The zero-order valence-corrected chi connectivity index (χ0v) is 20.8. The molecule has 0 radical (unpaired) electrons. The second kappa shape index (κ2) is 26.7. The third-order valence-corrected chi connectivity index (χ3v) is 4.45. The van der Waals surface area contributed by atoms with E-state index in [1.165, 1.54) is 0 Å². The Kier molecular flexibility index (Phi) is 25.7. The van der Waals surface area contributed by atoms with E-state index in [4.69, 9.17) is 50.7 Å². The summed E-state index contributed by atoms with van der Waals surface area (Å²) in [4.78, 5) is 0. The molecule has 0 fully saturated rings. The van der Waals surface area contributed by atoms with Crippen LogP contribution in [0.2, 0.25) is 0 Å². The molecule has 0 amide bonds. The number of hydrogen-bond donors (Lipinski definition) is 4. The first kappa shape index (κ1) is 34.6. The molecule has 0 heterocycles. The van der Waals surface area contributed by atoms with Crippen LogP contribution in [0.3, 0.4) is 0 Å². The highest BCUT2D eigenvalue weighted by molar-refractivity contribution is 4.83. The first-order valence-corrected chi connectivity index (χ1v) is 11.8. The summed E-state index contributed by atoms with van der Waals surface area (Å²) in [7, 11) is 0. The van der Waals surface area contributed by atoms with Crippen LogP contribution in [0.4, 0.5) is 0 Å². The fraction of sp³-hybridized carbons (Fsp3) is 0.833. The van der Waals surface area contributed by atoms with Gasteiger partial charge in [-0.05, 0) is 0 Å². The van der Waals surface area contributed by atoms with E-state index in [2.05, 4.69) is 11.8 Å². The minimum Gasteiger partial charge on any atom is -0.394 e. The van der Waals surface area contributed by atoms with Gasteiger partial charge in [0.2, 0.25) is 0 Å². The van der Waals surface area contributed by atoms with Gasteiger partial charge in [0, 0.05) is 0 Å². The third-order valence-electron chi connectivity index (χ3n) is 4.45. The van der Waals surface area contributed by atoms with Gasteiger partial charge >= 0.3 is 0 Å². The minimum atomic E-state index is -1.50. The molecule has 0 aliphatic carbocycles. The van der Waals surface area contributed by atoms with Crippen molar-refractivity contribution in [2.45, 2.75) is 24.4 Å². The van der Waals surface area contributed by atoms with Gasteiger partial charge < -0.3 is 58.3 Å². The van der Waals surface area contributed by atoms with E-state index in [1.807, 2.05) is 0 Å². The first-order valence-electron chi connectivity index (χ1n) is 11.8. The molecule has 0 saturated heterocycles. The lowest BCUT2D eigenvalue weighted by molar-refractivity contribution is -0.160. The summed E-state index contributed by atoms with van der Waals surface area (Å²) >= 11 is 0. The number of rotatable bonds is 27. The van der Waals surface area contributed by atoms with E-state index in [-0.39, 0.29) is 39.6 Å². The number of terminal acetylenes is 2. The van der Waals surface area contributed by atoms with Gasteiger partial charge in [0.1, 0.15) is 37.6 Å². The average molecular weight is 523 g/mol. The summed E-state index contributed by atoms with van der Waals surface area (Å²) in [6, 6.07) is 0. The molecule has 0 spiro atoms. The number of aliphatic hydroxyl groups is 4. The molecule has 0 aromatic carbocycles. The highest BCUT2D eigenvalue weighted by Gasteiger charge is 2.33. The molecule has 12 heteroatoms. The molecule has 0 saturated carbocycles. The second-order valence-corrected chi connectivity index (χ2v) is 7.13. The molecule has 0 aromatic rings. The van der Waals surface area contributed by atoms with Gasteiger partial charge in [-0.15, -0.1) is 12.8 Å². The molecular weight excluding hydrogens is 480 g/mol. The van der Waals surface area contributed by atoms with Gasteiger partial charge in [0.15, 0.2) is 0 Å². The zero-order chi connectivity index (χ0) is 26.7. The third kappa shape index (κ3) is 19.8. The maximum absolute atomic E-state index is 10.3. The van der Waals surface area contributed by atoms with Crippen LogP contribution < -0.4 is 0 Å². The Balaban J connectivity index is 3.91. The fourth-order valence-electron chi connectivity index (χ4n) is 2.62. The fourth-order valence-corrected chi connectivity index (χ4v) is 2.62. The van der Waals surface area contributed by atoms with Crippen LogP contribution in [-0.2, 0) is 37.9 Å². The van der Waals surface area contributed by atoms with E-state index in [0.717, 1.165) is 0 Å². The van der Waals surface area contributed by atoms with Gasteiger partial charge in [-0.3, -0.25) is 0 Å². The second-order valence-electron chi connectivity index (χ2n) is 7.13. The Morgan fingerprint density at radius 1 is 0.472 bits per heavy atom. The van der Waals surface area contributed by atoms with Gasteiger partial charge in [0.05, 0.1) is 92.5 Å². The number of hydrogen-bond acceptors (Lipinski definition) is 12. The highest BCUT2D eigenvalue weighted by atomic mass is 16.6. The predicted molar refractivity (Wildman–Crippen MR) is 128 cm³/mol. The molecular formula is C24H42O12. The van der Waals surface area contributed by atoms with Crippen molar-refractivity contribution in [3.05, 3.63) is 0 Å². The van der Waals surface area contributed by atoms with Crippen LogP contribution in [0.1, 0.15) is 0 Å². The standard InChI is InChI=1S/C24H42O12/c1-3-5-29-7-9-31-11-13-33-15-17-35-21(19-25)23(27)24(28)22(20-26)36-18-16-34-14-12-32-10-8-30-6-4-2/h1-2,21-28H,5-20H2/t21-,22-,23-,24-/m1/s1. The van der Waals surface area contributed by atoms with Crippen LogP contribution in [0.5, 0.6) is 0 Å². The summed E-state index contributed by atoms with van der Waals surface area (Å²) < 4.78 is 42.1. The lowest BCUT2D eigenvalue weighted by atomic mass is 10.0. The molecule has 0 aliphatic rings. The van der Waals surface area contributed by atoms with Crippen molar-refractivity contribution in [2.24, 2.45) is 0 Å². The van der Waals surface area contributed by atoms with Crippen LogP contribution in [-0.4, -0.2) is 151 Å². The lowest BCUT2D eigenvalue weighted by Crippen LogP contribution is -2.49. The molecule has 210 valence electrons. The summed E-state index contributed by atoms with van der Waals surface area (Å²) in [6.07, 6.45) is 4.93. The van der Waals surface area contributed by atoms with Crippen LogP contribution in [0, 0.1) is 24.7 Å². The van der Waals surface area contributed by atoms with E-state index in [9.17, 15) is 20.4 Å². The van der Waals surface area contributed by atoms with Gasteiger partial charge in [-0.2, -0.15) is 0 Å². The average Bonchev–Trinajstić information content (AvgIpc) is 2.89. The van der Waals surface area contributed by atoms with Crippen LogP contribution in [0.25, 0.3) is 0 Å². The molecule has 36 heavy (non-hydrogen) atoms. The van der Waals surface area contributed by atoms with Gasteiger partial charge in [0.25, 0.3) is 0 Å². The van der Waals surface area contributed by atoms with Crippen molar-refractivity contribution in [2.75, 3.05) is 106 Å². The smallest absolute Gasteiger partial charge is 0.111 e. The van der Waals surface area contributed by atoms with Crippen LogP contribution >= 0.6 is 0 Å². The van der Waals surface area contributed by atoms with Crippen molar-refractivity contribution >= 4 is 0 Å². The monoisotopic (exact) mass is 522 g/mol. The molecule has 0 rings (SSSR count). The Bertz CT molecular complexity index is 502. The largest absolute Gasteiger partial charge is 0.394 e. The number of ether oxygens (including phenoxy) is 8. The van der Waals surface area contributed by atoms with E-state index in [1.54, 1.807) is 0 Å². The van der Waals surface area contributed by atoms with Gasteiger partial charge in [-0.1, -0.05) is 11.8 Å². The molecule has 0 aromatic heterocycles. The zero-order valence-electron chi connectivity index (χ0n) is 20.8. The summed E-state index contributed by atoms with van der Waals surface area (Å²) in [5.74, 6) is 4.71. The van der Waals surface area contributed by atoms with E-state index in [0.29, 0.717) is 52.9 Å².